The molecule has 1 amide bonds. The van der Waals surface area contributed by atoms with E-state index in [2.05, 4.69) is 28.6 Å². The molecule has 3 N–H and O–H groups in total. The van der Waals surface area contributed by atoms with Gasteiger partial charge in [0.1, 0.15) is 11.4 Å². The second-order valence-electron chi connectivity index (χ2n) is 8.79. The van der Waals surface area contributed by atoms with Crippen LogP contribution >= 0.6 is 0 Å². The smallest absolute Gasteiger partial charge is 0.407 e. The molecule has 1 aromatic rings. The van der Waals surface area contributed by atoms with Gasteiger partial charge in [-0.15, -0.1) is 0 Å². The van der Waals surface area contributed by atoms with Gasteiger partial charge in [0.2, 0.25) is 0 Å². The molecule has 1 aromatic carbocycles. The van der Waals surface area contributed by atoms with Gasteiger partial charge in [-0.3, -0.25) is 0 Å². The van der Waals surface area contributed by atoms with Gasteiger partial charge < -0.3 is 25.4 Å². The number of hydrogen-bond acceptors (Lipinski definition) is 5. The van der Waals surface area contributed by atoms with E-state index in [9.17, 15) is 9.90 Å². The lowest BCUT2D eigenvalue weighted by atomic mass is 9.71. The van der Waals surface area contributed by atoms with Gasteiger partial charge in [0.25, 0.3) is 0 Å². The number of carbonyl (C=O) groups excluding carboxylic acids is 1. The molecule has 1 fully saturated rings. The number of nitrogens with zero attached hydrogens (tertiary/aromatic N) is 1. The molecule has 0 radical (unpaired) electrons. The minimum Gasteiger partial charge on any atom is -0.508 e. The number of alkyl carbamates (subject to hydrolysis) is 1. The van der Waals surface area contributed by atoms with Crippen molar-refractivity contribution >= 4 is 6.09 Å². The molecule has 2 bridgehead atoms. The van der Waals surface area contributed by atoms with Crippen LogP contribution in [-0.4, -0.2) is 60.5 Å². The molecule has 1 aliphatic carbocycles. The minimum atomic E-state index is -0.467. The number of ether oxygens (including phenoxy) is 1. The van der Waals surface area contributed by atoms with Crippen LogP contribution in [0.1, 0.15) is 50.7 Å². The highest BCUT2D eigenvalue weighted by molar-refractivity contribution is 5.67. The maximum atomic E-state index is 11.7. The monoisotopic (exact) mass is 375 g/mol. The van der Waals surface area contributed by atoms with Crippen LogP contribution in [0, 0.1) is 0 Å². The Labute approximate surface area is 162 Å². The Balaban J connectivity index is 1.53. The first-order valence-corrected chi connectivity index (χ1v) is 9.97. The highest BCUT2D eigenvalue weighted by Gasteiger charge is 2.41. The molecule has 6 heteroatoms. The lowest BCUT2D eigenvalue weighted by Gasteiger charge is -2.49. The predicted octanol–water partition coefficient (Wildman–Crippen LogP) is 2.61. The van der Waals surface area contributed by atoms with Crippen LogP contribution in [0.25, 0.3) is 0 Å². The molecule has 2 aliphatic rings. The van der Waals surface area contributed by atoms with Crippen molar-refractivity contribution in [2.75, 3.05) is 26.7 Å². The van der Waals surface area contributed by atoms with Crippen LogP contribution in [-0.2, 0) is 11.2 Å². The number of phenols is 1. The molecule has 3 unspecified atom stereocenters. The Hall–Kier alpha value is -1.79. The summed E-state index contributed by atoms with van der Waals surface area (Å²) in [6.45, 7) is 8.11. The summed E-state index contributed by atoms with van der Waals surface area (Å²) in [4.78, 5) is 14.2. The van der Waals surface area contributed by atoms with Crippen LogP contribution < -0.4 is 10.6 Å². The van der Waals surface area contributed by atoms with Crippen molar-refractivity contribution in [3.05, 3.63) is 29.3 Å². The predicted molar refractivity (Wildman–Crippen MR) is 106 cm³/mol. The average Bonchev–Trinajstić information content (AvgIpc) is 2.56. The molecule has 1 aliphatic heterocycles. The van der Waals surface area contributed by atoms with Crippen molar-refractivity contribution in [3.63, 3.8) is 0 Å². The Morgan fingerprint density at radius 1 is 1.33 bits per heavy atom. The summed E-state index contributed by atoms with van der Waals surface area (Å²) in [6, 6.07) is 6.66. The van der Waals surface area contributed by atoms with Crippen molar-refractivity contribution in [2.45, 2.75) is 63.6 Å². The van der Waals surface area contributed by atoms with Crippen molar-refractivity contribution < 1.29 is 14.6 Å². The summed E-state index contributed by atoms with van der Waals surface area (Å²) in [6.07, 6.45) is 2.60. The molecular formula is C21H33N3O3. The number of likely N-dealkylation sites (N-methyl/N-ethyl adjacent to an activating group) is 1. The number of fused-ring (bicyclic) bond motifs is 4. The molecule has 0 aromatic heterocycles. The van der Waals surface area contributed by atoms with Gasteiger partial charge in [-0.1, -0.05) is 6.07 Å². The second-order valence-corrected chi connectivity index (χ2v) is 8.79. The first kappa shape index (κ1) is 20.0. The first-order valence-electron chi connectivity index (χ1n) is 9.97. The number of piperidine rings is 1. The zero-order valence-electron chi connectivity index (χ0n) is 16.9. The van der Waals surface area contributed by atoms with Crippen molar-refractivity contribution in [3.8, 4) is 5.75 Å². The van der Waals surface area contributed by atoms with E-state index < -0.39 is 5.60 Å². The molecule has 3 rings (SSSR count). The molecule has 3 atom stereocenters. The van der Waals surface area contributed by atoms with Crippen molar-refractivity contribution in [2.24, 2.45) is 0 Å². The van der Waals surface area contributed by atoms with Gasteiger partial charge in [-0.05, 0) is 83.4 Å². The highest BCUT2D eigenvalue weighted by Crippen LogP contribution is 2.40. The lowest BCUT2D eigenvalue weighted by molar-refractivity contribution is 0.0526. The van der Waals surface area contributed by atoms with Gasteiger partial charge in [-0.25, -0.2) is 4.79 Å². The third-order valence-corrected chi connectivity index (χ3v) is 5.57. The number of phenolic OH excluding ortho intramolecular Hbond substituents is 1. The topological polar surface area (TPSA) is 73.8 Å². The summed E-state index contributed by atoms with van der Waals surface area (Å²) in [5.74, 6) is 0.785. The maximum Gasteiger partial charge on any atom is 0.407 e. The van der Waals surface area contributed by atoms with Crippen molar-refractivity contribution in [1.82, 2.24) is 15.5 Å². The highest BCUT2D eigenvalue weighted by atomic mass is 16.6. The van der Waals surface area contributed by atoms with Gasteiger partial charge >= 0.3 is 6.09 Å². The normalized spacial score (nSPS) is 25.0. The fraction of sp³-hybridized carbons (Fsp3) is 0.667. The third kappa shape index (κ3) is 4.93. The van der Waals surface area contributed by atoms with E-state index in [1.165, 1.54) is 11.1 Å². The second kappa shape index (κ2) is 8.07. The number of carbonyl (C=O) groups is 1. The Morgan fingerprint density at radius 2 is 2.11 bits per heavy atom. The van der Waals surface area contributed by atoms with Gasteiger partial charge in [0.15, 0.2) is 0 Å². The number of nitrogens with one attached hydrogen (secondary N) is 2. The number of likely N-dealkylation sites (tertiary alicyclic amines) is 1. The standard InChI is InChI=1S/C21H33N3O3/c1-21(2,3)27-20(26)23-10-5-9-22-19-16-8-11-24(4)18(19)12-14-6-7-15(25)13-17(14)16/h6-7,13,16,18-19,22,25H,5,8-12H2,1-4H3,(H,23,26). The van der Waals surface area contributed by atoms with Crippen LogP contribution in [0.4, 0.5) is 4.79 Å². The van der Waals surface area contributed by atoms with E-state index in [0.717, 1.165) is 32.4 Å². The lowest BCUT2D eigenvalue weighted by Crippen LogP contribution is -2.59. The van der Waals surface area contributed by atoms with Crippen LogP contribution in [0.5, 0.6) is 5.75 Å². The summed E-state index contributed by atoms with van der Waals surface area (Å²) in [7, 11) is 2.20. The quantitative estimate of drug-likeness (QED) is 0.690. The fourth-order valence-corrected chi connectivity index (χ4v) is 4.34. The number of aromatic hydroxyl groups is 1. The first-order chi connectivity index (χ1) is 12.7. The van der Waals surface area contributed by atoms with Gasteiger partial charge in [0, 0.05) is 24.5 Å². The molecule has 150 valence electrons. The number of benzene rings is 1. The molecule has 1 heterocycles. The zero-order valence-corrected chi connectivity index (χ0v) is 16.9. The van der Waals surface area contributed by atoms with Gasteiger partial charge in [0.05, 0.1) is 0 Å². The van der Waals surface area contributed by atoms with E-state index in [4.69, 9.17) is 4.74 Å². The van der Waals surface area contributed by atoms with E-state index in [1.807, 2.05) is 26.8 Å². The molecular weight excluding hydrogens is 342 g/mol. The van der Waals surface area contributed by atoms with Crippen LogP contribution in [0.3, 0.4) is 0 Å². The maximum absolute atomic E-state index is 11.7. The van der Waals surface area contributed by atoms with E-state index in [1.54, 1.807) is 6.07 Å². The molecule has 6 nitrogen and oxygen atoms in total. The largest absolute Gasteiger partial charge is 0.508 e. The summed E-state index contributed by atoms with van der Waals surface area (Å²) in [5.41, 5.74) is 2.19. The Kier molecular flexibility index (Phi) is 5.96. The Morgan fingerprint density at radius 3 is 2.85 bits per heavy atom. The summed E-state index contributed by atoms with van der Waals surface area (Å²) in [5, 5.41) is 16.5. The zero-order chi connectivity index (χ0) is 19.6. The summed E-state index contributed by atoms with van der Waals surface area (Å²) >= 11 is 0. The van der Waals surface area contributed by atoms with E-state index in [-0.39, 0.29) is 6.09 Å². The average molecular weight is 376 g/mol. The van der Waals surface area contributed by atoms with E-state index in [0.29, 0.717) is 30.3 Å². The minimum absolute atomic E-state index is 0.353. The number of amides is 1. The fourth-order valence-electron chi connectivity index (χ4n) is 4.34. The van der Waals surface area contributed by atoms with Crippen LogP contribution in [0.2, 0.25) is 0 Å². The molecule has 1 saturated heterocycles. The van der Waals surface area contributed by atoms with E-state index >= 15 is 0 Å². The SMILES string of the molecule is CN1CCC2c3cc(O)ccc3CC1C2NCCCNC(=O)OC(C)(C)C. The number of rotatable bonds is 5. The molecule has 0 saturated carbocycles. The summed E-state index contributed by atoms with van der Waals surface area (Å²) < 4.78 is 5.26. The Bertz CT molecular complexity index is 671. The van der Waals surface area contributed by atoms with Crippen LogP contribution in [0.15, 0.2) is 18.2 Å². The van der Waals surface area contributed by atoms with Crippen molar-refractivity contribution in [1.29, 1.82) is 0 Å². The van der Waals surface area contributed by atoms with Gasteiger partial charge in [-0.2, -0.15) is 0 Å². The molecule has 27 heavy (non-hydrogen) atoms. The molecule has 0 spiro atoms. The third-order valence-electron chi connectivity index (χ3n) is 5.57. The number of hydrogen-bond donors (Lipinski definition) is 3.